The summed E-state index contributed by atoms with van der Waals surface area (Å²) in [7, 11) is 0. The van der Waals surface area contributed by atoms with Crippen molar-refractivity contribution in [3.05, 3.63) is 41.4 Å². The van der Waals surface area contributed by atoms with Gasteiger partial charge in [0.15, 0.2) is 0 Å². The number of nitrogen functional groups attached to an aromatic ring is 1. The third-order valence-electron chi connectivity index (χ3n) is 1.79. The van der Waals surface area contributed by atoms with Gasteiger partial charge in [-0.1, -0.05) is 11.6 Å². The molecule has 1 aromatic heterocycles. The Kier molecular flexibility index (Phi) is 2.13. The standard InChI is InChI=1S/C9H7ClFN3/c10-6-4-13-14(5-6)9-3-7(11)1-2-8(9)12/h1-5H,12H2. The van der Waals surface area contributed by atoms with Gasteiger partial charge in [-0.2, -0.15) is 5.10 Å². The molecule has 0 aliphatic heterocycles. The van der Waals surface area contributed by atoms with Gasteiger partial charge in [0.1, 0.15) is 5.82 Å². The zero-order valence-electron chi connectivity index (χ0n) is 7.11. The van der Waals surface area contributed by atoms with Gasteiger partial charge in [0.05, 0.1) is 22.6 Å². The first-order chi connectivity index (χ1) is 6.66. The van der Waals surface area contributed by atoms with Gasteiger partial charge in [0.2, 0.25) is 0 Å². The van der Waals surface area contributed by atoms with E-state index in [-0.39, 0.29) is 5.82 Å². The maximum atomic E-state index is 12.9. The zero-order valence-corrected chi connectivity index (χ0v) is 7.87. The molecule has 0 unspecified atom stereocenters. The molecule has 0 fully saturated rings. The third kappa shape index (κ3) is 1.56. The van der Waals surface area contributed by atoms with Crippen molar-refractivity contribution in [1.29, 1.82) is 0 Å². The van der Waals surface area contributed by atoms with E-state index >= 15 is 0 Å². The van der Waals surface area contributed by atoms with Gasteiger partial charge in [-0.15, -0.1) is 0 Å². The SMILES string of the molecule is Nc1ccc(F)cc1-n1cc(Cl)cn1. The molecule has 2 rings (SSSR count). The molecule has 0 amide bonds. The summed E-state index contributed by atoms with van der Waals surface area (Å²) in [6.45, 7) is 0. The van der Waals surface area contributed by atoms with Crippen LogP contribution in [0.2, 0.25) is 5.02 Å². The summed E-state index contributed by atoms with van der Waals surface area (Å²) < 4.78 is 14.3. The van der Waals surface area contributed by atoms with E-state index in [9.17, 15) is 4.39 Å². The minimum absolute atomic E-state index is 0.360. The first-order valence-corrected chi connectivity index (χ1v) is 4.30. The fourth-order valence-corrected chi connectivity index (χ4v) is 1.28. The minimum atomic E-state index is -0.360. The molecule has 0 saturated heterocycles. The van der Waals surface area contributed by atoms with E-state index in [2.05, 4.69) is 5.10 Å². The maximum Gasteiger partial charge on any atom is 0.125 e. The van der Waals surface area contributed by atoms with Gasteiger partial charge in [-0.05, 0) is 12.1 Å². The third-order valence-corrected chi connectivity index (χ3v) is 1.99. The first kappa shape index (κ1) is 9.02. The summed E-state index contributed by atoms with van der Waals surface area (Å²) >= 11 is 5.68. The molecule has 2 aromatic rings. The summed E-state index contributed by atoms with van der Waals surface area (Å²) in [4.78, 5) is 0. The second-order valence-corrected chi connectivity index (χ2v) is 3.24. The monoisotopic (exact) mass is 211 g/mol. The Hall–Kier alpha value is -1.55. The summed E-state index contributed by atoms with van der Waals surface area (Å²) in [6.07, 6.45) is 3.03. The first-order valence-electron chi connectivity index (χ1n) is 3.92. The highest BCUT2D eigenvalue weighted by atomic mass is 35.5. The van der Waals surface area contributed by atoms with Gasteiger partial charge in [-0.25, -0.2) is 9.07 Å². The number of aromatic nitrogens is 2. The Morgan fingerprint density at radius 1 is 1.43 bits per heavy atom. The second kappa shape index (κ2) is 3.31. The van der Waals surface area contributed by atoms with Gasteiger partial charge in [-0.3, -0.25) is 0 Å². The molecule has 1 heterocycles. The normalized spacial score (nSPS) is 10.4. The number of nitrogens with zero attached hydrogens (tertiary/aromatic N) is 2. The number of nitrogens with two attached hydrogens (primary N) is 1. The number of benzene rings is 1. The molecule has 1 aromatic carbocycles. The minimum Gasteiger partial charge on any atom is -0.397 e. The van der Waals surface area contributed by atoms with Crippen LogP contribution < -0.4 is 5.73 Å². The lowest BCUT2D eigenvalue weighted by molar-refractivity contribution is 0.626. The van der Waals surface area contributed by atoms with Crippen molar-refractivity contribution in [2.24, 2.45) is 0 Å². The second-order valence-electron chi connectivity index (χ2n) is 2.81. The van der Waals surface area contributed by atoms with Crippen molar-refractivity contribution >= 4 is 17.3 Å². The Bertz CT molecular complexity index is 467. The predicted molar refractivity (Wildman–Crippen MR) is 52.9 cm³/mol. The molecule has 0 aliphatic carbocycles. The molecule has 0 saturated carbocycles. The van der Waals surface area contributed by atoms with Gasteiger partial charge in [0, 0.05) is 12.3 Å². The number of anilines is 1. The van der Waals surface area contributed by atoms with E-state index in [0.717, 1.165) is 0 Å². The number of halogens is 2. The van der Waals surface area contributed by atoms with Crippen molar-refractivity contribution in [3.8, 4) is 5.69 Å². The molecule has 72 valence electrons. The van der Waals surface area contributed by atoms with Crippen LogP contribution in [0, 0.1) is 5.82 Å². The quantitative estimate of drug-likeness (QED) is 0.736. The topological polar surface area (TPSA) is 43.8 Å². The van der Waals surface area contributed by atoms with Crippen LogP contribution in [0.1, 0.15) is 0 Å². The number of hydrogen-bond donors (Lipinski definition) is 1. The Balaban J connectivity index is 2.55. The van der Waals surface area contributed by atoms with E-state index in [1.165, 1.54) is 29.1 Å². The van der Waals surface area contributed by atoms with E-state index in [0.29, 0.717) is 16.4 Å². The maximum absolute atomic E-state index is 12.9. The lowest BCUT2D eigenvalue weighted by Crippen LogP contribution is -2.00. The lowest BCUT2D eigenvalue weighted by atomic mass is 10.2. The molecule has 3 nitrogen and oxygen atoms in total. The summed E-state index contributed by atoms with van der Waals surface area (Å²) in [5, 5.41) is 4.41. The lowest BCUT2D eigenvalue weighted by Gasteiger charge is -2.04. The number of rotatable bonds is 1. The van der Waals surface area contributed by atoms with Crippen molar-refractivity contribution in [2.45, 2.75) is 0 Å². The van der Waals surface area contributed by atoms with E-state index < -0.39 is 0 Å². The van der Waals surface area contributed by atoms with Crippen molar-refractivity contribution in [1.82, 2.24) is 9.78 Å². The van der Waals surface area contributed by atoms with Crippen LogP contribution in [0.4, 0.5) is 10.1 Å². The molecule has 0 bridgehead atoms. The molecule has 14 heavy (non-hydrogen) atoms. The van der Waals surface area contributed by atoms with Gasteiger partial charge >= 0.3 is 0 Å². The predicted octanol–water partition coefficient (Wildman–Crippen LogP) is 2.25. The fourth-order valence-electron chi connectivity index (χ4n) is 1.15. The summed E-state index contributed by atoms with van der Waals surface area (Å²) in [5.41, 5.74) is 6.59. The molecular weight excluding hydrogens is 205 g/mol. The smallest absolute Gasteiger partial charge is 0.125 e. The van der Waals surface area contributed by atoms with E-state index in [1.807, 2.05) is 0 Å². The molecule has 0 atom stereocenters. The zero-order chi connectivity index (χ0) is 10.1. The Morgan fingerprint density at radius 3 is 2.86 bits per heavy atom. The van der Waals surface area contributed by atoms with Crippen molar-refractivity contribution in [2.75, 3.05) is 5.73 Å². The van der Waals surface area contributed by atoms with Gasteiger partial charge < -0.3 is 5.73 Å². The van der Waals surface area contributed by atoms with Crippen LogP contribution in [-0.2, 0) is 0 Å². The van der Waals surface area contributed by atoms with Crippen LogP contribution in [0.25, 0.3) is 5.69 Å². The van der Waals surface area contributed by atoms with E-state index in [1.54, 1.807) is 6.20 Å². The highest BCUT2D eigenvalue weighted by molar-refractivity contribution is 6.30. The van der Waals surface area contributed by atoms with Crippen molar-refractivity contribution < 1.29 is 4.39 Å². The Morgan fingerprint density at radius 2 is 2.21 bits per heavy atom. The largest absolute Gasteiger partial charge is 0.397 e. The molecular formula is C9H7ClFN3. The fraction of sp³-hybridized carbons (Fsp3) is 0. The number of hydrogen-bond acceptors (Lipinski definition) is 2. The van der Waals surface area contributed by atoms with Crippen LogP contribution >= 0.6 is 11.6 Å². The highest BCUT2D eigenvalue weighted by Crippen LogP contribution is 2.19. The molecule has 0 radical (unpaired) electrons. The molecule has 5 heteroatoms. The van der Waals surface area contributed by atoms with Crippen LogP contribution in [-0.4, -0.2) is 9.78 Å². The highest BCUT2D eigenvalue weighted by Gasteiger charge is 2.04. The summed E-state index contributed by atoms with van der Waals surface area (Å²) in [5.74, 6) is -0.360. The van der Waals surface area contributed by atoms with Crippen LogP contribution in [0.3, 0.4) is 0 Å². The molecule has 0 spiro atoms. The van der Waals surface area contributed by atoms with Crippen molar-refractivity contribution in [3.63, 3.8) is 0 Å². The average molecular weight is 212 g/mol. The summed E-state index contributed by atoms with van der Waals surface area (Å²) in [6, 6.07) is 4.09. The average Bonchev–Trinajstić information content (AvgIpc) is 2.56. The molecule has 2 N–H and O–H groups in total. The van der Waals surface area contributed by atoms with Crippen LogP contribution in [0.5, 0.6) is 0 Å². The van der Waals surface area contributed by atoms with E-state index in [4.69, 9.17) is 17.3 Å². The Labute approximate surface area is 84.9 Å². The van der Waals surface area contributed by atoms with Gasteiger partial charge in [0.25, 0.3) is 0 Å². The van der Waals surface area contributed by atoms with Crippen LogP contribution in [0.15, 0.2) is 30.6 Å². The molecule has 0 aliphatic rings.